The maximum absolute atomic E-state index is 12.2. The third-order valence-electron chi connectivity index (χ3n) is 3.15. The van der Waals surface area contributed by atoms with E-state index in [9.17, 15) is 15.2 Å². The highest BCUT2D eigenvalue weighted by Gasteiger charge is 2.38. The molecule has 0 spiro atoms. The van der Waals surface area contributed by atoms with Crippen LogP contribution in [0.3, 0.4) is 0 Å². The number of rotatable bonds is 3. The number of carbonyl (C=O) groups excluding carboxylic acids is 1. The number of hydrogen-bond acceptors (Lipinski definition) is 4. The quantitative estimate of drug-likeness (QED) is 0.680. The van der Waals surface area contributed by atoms with Crippen molar-refractivity contribution >= 4 is 21.8 Å². The van der Waals surface area contributed by atoms with Gasteiger partial charge in [0, 0.05) is 17.1 Å². The molecule has 2 rings (SSSR count). The molecule has 0 saturated carbocycles. The normalized spacial score (nSPS) is 18.4. The van der Waals surface area contributed by atoms with E-state index in [2.05, 4.69) is 15.9 Å². The van der Waals surface area contributed by atoms with Crippen LogP contribution in [0.5, 0.6) is 0 Å². The van der Waals surface area contributed by atoms with E-state index in [0.717, 1.165) is 4.47 Å². The van der Waals surface area contributed by atoms with Gasteiger partial charge in [-0.1, -0.05) is 22.0 Å². The van der Waals surface area contributed by atoms with Gasteiger partial charge >= 0.3 is 0 Å². The fraction of sp³-hybridized carbons (Fsp3) is 0.286. The van der Waals surface area contributed by atoms with Gasteiger partial charge in [-0.05, 0) is 24.6 Å². The molecule has 0 saturated heterocycles. The summed E-state index contributed by atoms with van der Waals surface area (Å²) >= 11 is 3.32. The van der Waals surface area contributed by atoms with E-state index < -0.39 is 12.0 Å². The summed E-state index contributed by atoms with van der Waals surface area (Å²) in [4.78, 5) is 13.6. The zero-order chi connectivity index (χ0) is 14.9. The molecule has 20 heavy (non-hydrogen) atoms. The number of hydrogen-bond donors (Lipinski definition) is 1. The van der Waals surface area contributed by atoms with Crippen molar-refractivity contribution in [3.8, 4) is 6.07 Å². The average molecular weight is 337 g/mol. The van der Waals surface area contributed by atoms with Crippen LogP contribution in [0, 0.1) is 11.3 Å². The van der Waals surface area contributed by atoms with Crippen molar-refractivity contribution in [2.45, 2.75) is 13.0 Å². The van der Waals surface area contributed by atoms with Crippen LogP contribution in [0.25, 0.3) is 0 Å². The molecule has 1 aliphatic rings. The minimum absolute atomic E-state index is 0.0313. The third-order valence-corrected chi connectivity index (χ3v) is 3.65. The van der Waals surface area contributed by atoms with Crippen LogP contribution in [0.2, 0.25) is 0 Å². The molecule has 1 aromatic rings. The van der Waals surface area contributed by atoms with Gasteiger partial charge in [0.05, 0.1) is 6.61 Å². The van der Waals surface area contributed by atoms with Gasteiger partial charge in [0.2, 0.25) is 0 Å². The largest absolute Gasteiger partial charge is 0.480 e. The van der Waals surface area contributed by atoms with E-state index in [-0.39, 0.29) is 18.1 Å². The Morgan fingerprint density at radius 2 is 2.30 bits per heavy atom. The lowest BCUT2D eigenvalue weighted by Gasteiger charge is -2.20. The van der Waals surface area contributed by atoms with Crippen molar-refractivity contribution in [1.29, 1.82) is 5.26 Å². The van der Waals surface area contributed by atoms with Crippen LogP contribution in [-0.2, 0) is 4.74 Å². The predicted octanol–water partition coefficient (Wildman–Crippen LogP) is 2.91. The summed E-state index contributed by atoms with van der Waals surface area (Å²) in [6, 6.07) is 6.58. The van der Waals surface area contributed by atoms with Gasteiger partial charge in [0.15, 0.2) is 0 Å². The van der Waals surface area contributed by atoms with Crippen LogP contribution < -0.4 is 0 Å². The molecule has 0 aliphatic carbocycles. The number of benzene rings is 1. The molecule has 0 aromatic heterocycles. The highest BCUT2D eigenvalue weighted by molar-refractivity contribution is 9.10. The Kier molecular flexibility index (Phi) is 4.00. The first-order valence-corrected chi connectivity index (χ1v) is 6.83. The number of ether oxygens (including phenoxy) is 1. The summed E-state index contributed by atoms with van der Waals surface area (Å²) in [5.74, 6) is -0.626. The highest BCUT2D eigenvalue weighted by Crippen LogP contribution is 2.39. The van der Waals surface area contributed by atoms with Gasteiger partial charge in [-0.25, -0.2) is 0 Å². The smallest absolute Gasteiger partial charge is 0.293 e. The number of amides is 1. The van der Waals surface area contributed by atoms with Gasteiger partial charge in [-0.15, -0.1) is 0 Å². The summed E-state index contributed by atoms with van der Waals surface area (Å²) in [5, 5.41) is 19.1. The Bertz CT molecular complexity index is 634. The Balaban J connectivity index is 2.57. The number of aliphatic hydroxyl groups is 1. The number of fused-ring (bicyclic) bond motifs is 1. The van der Waals surface area contributed by atoms with Crippen molar-refractivity contribution < 1.29 is 14.6 Å². The second-order valence-corrected chi connectivity index (χ2v) is 5.23. The van der Waals surface area contributed by atoms with E-state index in [1.165, 1.54) is 4.90 Å². The van der Waals surface area contributed by atoms with E-state index in [0.29, 0.717) is 11.1 Å². The van der Waals surface area contributed by atoms with Gasteiger partial charge in [0.1, 0.15) is 17.7 Å². The average Bonchev–Trinajstić information content (AvgIpc) is 2.65. The third kappa shape index (κ3) is 2.25. The highest BCUT2D eigenvalue weighted by atomic mass is 79.9. The van der Waals surface area contributed by atoms with Gasteiger partial charge in [-0.3, -0.25) is 4.79 Å². The first-order valence-electron chi connectivity index (χ1n) is 6.03. The fourth-order valence-corrected chi connectivity index (χ4v) is 2.62. The molecule has 104 valence electrons. The maximum atomic E-state index is 12.2. The molecule has 6 heteroatoms. The van der Waals surface area contributed by atoms with Crippen LogP contribution in [0.4, 0.5) is 0 Å². The van der Waals surface area contributed by atoms with Crippen molar-refractivity contribution in [3.05, 3.63) is 45.3 Å². The standard InChI is InChI=1S/C14H13BrN2O3/c1-3-20-14(19)11(7-16)12-9-5-4-8(15)6-10(9)13(18)17(12)2/h4-6,12,19H,3H2,1-2H3/b14-11-. The number of likely N-dealkylation sites (N-methyl/N-ethyl adjacent to an activating group) is 1. The lowest BCUT2D eigenvalue weighted by Crippen LogP contribution is -2.25. The molecule has 1 aliphatic heterocycles. The lowest BCUT2D eigenvalue weighted by atomic mass is 9.99. The number of halogens is 1. The Morgan fingerprint density at radius 1 is 1.60 bits per heavy atom. The lowest BCUT2D eigenvalue weighted by molar-refractivity contribution is 0.0760. The van der Waals surface area contributed by atoms with Gasteiger partial charge < -0.3 is 14.7 Å². The summed E-state index contributed by atoms with van der Waals surface area (Å²) in [5.41, 5.74) is 1.23. The molecule has 1 unspecified atom stereocenters. The predicted molar refractivity (Wildman–Crippen MR) is 75.9 cm³/mol. The summed E-state index contributed by atoms with van der Waals surface area (Å²) in [6.45, 7) is 1.95. The molecule has 0 fully saturated rings. The first-order chi connectivity index (χ1) is 9.51. The molecule has 1 amide bonds. The zero-order valence-corrected chi connectivity index (χ0v) is 12.6. The second-order valence-electron chi connectivity index (χ2n) is 4.31. The maximum Gasteiger partial charge on any atom is 0.293 e. The molecule has 1 aromatic carbocycles. The SMILES string of the molecule is CCO/C(O)=C(/C#N)C1c2ccc(Br)cc2C(=O)N1C. The molecule has 1 N–H and O–H groups in total. The summed E-state index contributed by atoms with van der Waals surface area (Å²) in [7, 11) is 1.59. The van der Waals surface area contributed by atoms with E-state index in [1.807, 2.05) is 6.07 Å². The monoisotopic (exact) mass is 336 g/mol. The number of aliphatic hydroxyl groups excluding tert-OH is 1. The Hall–Kier alpha value is -2.00. The van der Waals surface area contributed by atoms with Crippen LogP contribution >= 0.6 is 15.9 Å². The van der Waals surface area contributed by atoms with E-state index in [4.69, 9.17) is 4.74 Å². The molecule has 0 radical (unpaired) electrons. The van der Waals surface area contributed by atoms with Crippen LogP contribution in [0.1, 0.15) is 28.9 Å². The number of nitriles is 1. The topological polar surface area (TPSA) is 73.6 Å². The second kappa shape index (κ2) is 5.55. The minimum atomic E-state index is -0.623. The molecular formula is C14H13BrN2O3. The summed E-state index contributed by atoms with van der Waals surface area (Å²) in [6.07, 6.45) is 0. The molecule has 5 nitrogen and oxygen atoms in total. The summed E-state index contributed by atoms with van der Waals surface area (Å²) < 4.78 is 5.78. The van der Waals surface area contributed by atoms with Crippen molar-refractivity contribution in [2.24, 2.45) is 0 Å². The van der Waals surface area contributed by atoms with Crippen molar-refractivity contribution in [1.82, 2.24) is 4.90 Å². The fourth-order valence-electron chi connectivity index (χ4n) is 2.26. The molecular weight excluding hydrogens is 324 g/mol. The molecule has 1 atom stereocenters. The van der Waals surface area contributed by atoms with Gasteiger partial charge in [0.25, 0.3) is 11.9 Å². The van der Waals surface area contributed by atoms with E-state index in [1.54, 1.807) is 32.2 Å². The van der Waals surface area contributed by atoms with Gasteiger partial charge in [-0.2, -0.15) is 5.26 Å². The Labute approximate surface area is 125 Å². The van der Waals surface area contributed by atoms with Crippen molar-refractivity contribution in [3.63, 3.8) is 0 Å². The van der Waals surface area contributed by atoms with Crippen LogP contribution in [-0.4, -0.2) is 29.6 Å². The minimum Gasteiger partial charge on any atom is -0.480 e. The van der Waals surface area contributed by atoms with Crippen LogP contribution in [0.15, 0.2) is 34.2 Å². The number of nitrogens with zero attached hydrogens (tertiary/aromatic N) is 2. The van der Waals surface area contributed by atoms with Crippen molar-refractivity contribution in [2.75, 3.05) is 13.7 Å². The van der Waals surface area contributed by atoms with E-state index >= 15 is 0 Å². The first kappa shape index (κ1) is 14.4. The Morgan fingerprint density at radius 3 is 2.90 bits per heavy atom. The zero-order valence-electron chi connectivity index (χ0n) is 11.1. The molecule has 0 bridgehead atoms. The number of carbonyl (C=O) groups is 1. The molecule has 1 heterocycles.